The van der Waals surface area contributed by atoms with Crippen molar-refractivity contribution in [2.75, 3.05) is 5.32 Å². The van der Waals surface area contributed by atoms with Gasteiger partial charge in [-0.2, -0.15) is 5.26 Å². The minimum absolute atomic E-state index is 0.271. The minimum Gasteiger partial charge on any atom is -0.325 e. The number of ketones is 1. The van der Waals surface area contributed by atoms with Gasteiger partial charge in [-0.3, -0.25) is 14.6 Å². The number of nitrogens with one attached hydrogen (secondary N) is 1. The van der Waals surface area contributed by atoms with Crippen molar-refractivity contribution in [3.63, 3.8) is 0 Å². The van der Waals surface area contributed by atoms with Gasteiger partial charge in [-0.05, 0) is 30.3 Å². The quantitative estimate of drug-likeness (QED) is 0.865. The highest BCUT2D eigenvalue weighted by Crippen LogP contribution is 2.23. The Balaban J connectivity index is 2.38. The Bertz CT molecular complexity index is 723. The lowest BCUT2D eigenvalue weighted by atomic mass is 10.1. The molecule has 0 fully saturated rings. The molecular formula is C15H10BrN3O2. The average Bonchev–Trinajstić information content (AvgIpc) is 2.49. The highest BCUT2D eigenvalue weighted by molar-refractivity contribution is 9.10. The molecule has 1 N–H and O–H groups in total. The lowest BCUT2D eigenvalue weighted by Crippen LogP contribution is -2.14. The maximum atomic E-state index is 12.5. The van der Waals surface area contributed by atoms with E-state index in [-0.39, 0.29) is 17.9 Å². The average molecular weight is 344 g/mol. The second kappa shape index (κ2) is 6.77. The van der Waals surface area contributed by atoms with Gasteiger partial charge in [0.25, 0.3) is 0 Å². The molecule has 2 aromatic rings. The molecular weight excluding hydrogens is 334 g/mol. The Morgan fingerprint density at radius 3 is 2.76 bits per heavy atom. The molecule has 21 heavy (non-hydrogen) atoms. The van der Waals surface area contributed by atoms with Crippen LogP contribution >= 0.6 is 15.9 Å². The summed E-state index contributed by atoms with van der Waals surface area (Å²) in [5, 5.41) is 11.1. The fourth-order valence-corrected chi connectivity index (χ4v) is 2.08. The van der Waals surface area contributed by atoms with E-state index in [2.05, 4.69) is 26.2 Å². The van der Waals surface area contributed by atoms with Crippen LogP contribution in [0.4, 0.5) is 5.69 Å². The number of benzene rings is 1. The topological polar surface area (TPSA) is 82.9 Å². The van der Waals surface area contributed by atoms with Crippen LogP contribution in [0.25, 0.3) is 0 Å². The smallest absolute Gasteiger partial charge is 0.238 e. The number of amides is 1. The first kappa shape index (κ1) is 14.9. The van der Waals surface area contributed by atoms with Gasteiger partial charge in [-0.15, -0.1) is 0 Å². The Labute approximate surface area is 129 Å². The maximum Gasteiger partial charge on any atom is 0.238 e. The van der Waals surface area contributed by atoms with E-state index >= 15 is 0 Å². The first-order valence-electron chi connectivity index (χ1n) is 6.04. The number of nitrogens with zero attached hydrogens (tertiary/aromatic N) is 2. The third kappa shape index (κ3) is 3.74. The predicted octanol–water partition coefficient (Wildman–Crippen LogP) is 2.93. The molecule has 0 bridgehead atoms. The number of carbonyl (C=O) groups is 2. The van der Waals surface area contributed by atoms with E-state index in [1.165, 1.54) is 6.20 Å². The number of pyridine rings is 1. The highest BCUT2D eigenvalue weighted by atomic mass is 79.9. The van der Waals surface area contributed by atoms with Crippen molar-refractivity contribution in [3.05, 3.63) is 58.3 Å². The van der Waals surface area contributed by atoms with Crippen molar-refractivity contribution in [2.24, 2.45) is 0 Å². The van der Waals surface area contributed by atoms with E-state index in [9.17, 15) is 9.59 Å². The van der Waals surface area contributed by atoms with Crippen LogP contribution < -0.4 is 5.32 Å². The number of halogens is 1. The zero-order valence-corrected chi connectivity index (χ0v) is 12.4. The number of hydrogen-bond acceptors (Lipinski definition) is 4. The molecule has 0 radical (unpaired) electrons. The Morgan fingerprint density at radius 1 is 1.29 bits per heavy atom. The first-order valence-corrected chi connectivity index (χ1v) is 6.83. The molecule has 1 aromatic carbocycles. The number of nitriles is 1. The molecule has 1 amide bonds. The molecule has 1 heterocycles. The van der Waals surface area contributed by atoms with Crippen LogP contribution in [0.2, 0.25) is 0 Å². The molecule has 0 unspecified atom stereocenters. The number of aromatic nitrogens is 1. The third-order valence-corrected chi connectivity index (χ3v) is 3.13. The molecule has 0 saturated carbocycles. The van der Waals surface area contributed by atoms with Gasteiger partial charge < -0.3 is 5.32 Å². The summed E-state index contributed by atoms with van der Waals surface area (Å²) in [6, 6.07) is 11.7. The lowest BCUT2D eigenvalue weighted by Gasteiger charge is -2.09. The Kier molecular flexibility index (Phi) is 4.80. The summed E-state index contributed by atoms with van der Waals surface area (Å²) in [5.41, 5.74) is 0.954. The predicted molar refractivity (Wildman–Crippen MR) is 80.7 cm³/mol. The van der Waals surface area contributed by atoms with Crippen LogP contribution in [0.3, 0.4) is 0 Å². The van der Waals surface area contributed by atoms with E-state index in [1.54, 1.807) is 42.5 Å². The van der Waals surface area contributed by atoms with Crippen LogP contribution in [-0.4, -0.2) is 16.7 Å². The SMILES string of the molecule is N#CCC(=O)Nc1ccc(Br)cc1C(=O)c1ccccn1. The van der Waals surface area contributed by atoms with Crippen molar-refractivity contribution in [1.29, 1.82) is 5.26 Å². The van der Waals surface area contributed by atoms with Gasteiger partial charge in [-0.25, -0.2) is 0 Å². The summed E-state index contributed by atoms with van der Waals surface area (Å²) in [6.45, 7) is 0. The van der Waals surface area contributed by atoms with E-state index < -0.39 is 5.91 Å². The van der Waals surface area contributed by atoms with E-state index in [0.29, 0.717) is 15.7 Å². The summed E-state index contributed by atoms with van der Waals surface area (Å²) in [5.74, 6) is -0.765. The van der Waals surface area contributed by atoms with Crippen molar-refractivity contribution < 1.29 is 9.59 Å². The third-order valence-electron chi connectivity index (χ3n) is 2.64. The Morgan fingerprint density at radius 2 is 2.10 bits per heavy atom. The maximum absolute atomic E-state index is 12.5. The van der Waals surface area contributed by atoms with Crippen molar-refractivity contribution in [2.45, 2.75) is 6.42 Å². The standard InChI is InChI=1S/C15H10BrN3O2/c16-10-4-5-12(19-14(20)6-7-17)11(9-10)15(21)13-3-1-2-8-18-13/h1-5,8-9H,6H2,(H,19,20). The molecule has 0 saturated heterocycles. The molecule has 104 valence electrons. The van der Waals surface area contributed by atoms with Crippen molar-refractivity contribution >= 4 is 33.3 Å². The van der Waals surface area contributed by atoms with Crippen molar-refractivity contribution in [3.8, 4) is 6.07 Å². The van der Waals surface area contributed by atoms with E-state index in [4.69, 9.17) is 5.26 Å². The zero-order valence-electron chi connectivity index (χ0n) is 10.8. The molecule has 2 rings (SSSR count). The normalized spacial score (nSPS) is 9.71. The van der Waals surface area contributed by atoms with E-state index in [0.717, 1.165) is 0 Å². The molecule has 0 aliphatic heterocycles. The summed E-state index contributed by atoms with van der Waals surface area (Å²) >= 11 is 3.30. The van der Waals surface area contributed by atoms with Crippen LogP contribution in [0.5, 0.6) is 0 Å². The minimum atomic E-state index is -0.463. The van der Waals surface area contributed by atoms with E-state index in [1.807, 2.05) is 0 Å². The van der Waals surface area contributed by atoms with Gasteiger partial charge in [-0.1, -0.05) is 22.0 Å². The van der Waals surface area contributed by atoms with Gasteiger partial charge in [0, 0.05) is 16.2 Å². The summed E-state index contributed by atoms with van der Waals surface area (Å²) < 4.78 is 0.708. The van der Waals surface area contributed by atoms with Crippen LogP contribution in [0.1, 0.15) is 22.5 Å². The first-order chi connectivity index (χ1) is 10.1. The fourth-order valence-electron chi connectivity index (χ4n) is 1.71. The number of hydrogen-bond donors (Lipinski definition) is 1. The Hall–Kier alpha value is -2.52. The van der Waals surface area contributed by atoms with Gasteiger partial charge in [0.15, 0.2) is 0 Å². The fraction of sp³-hybridized carbons (Fsp3) is 0.0667. The number of carbonyl (C=O) groups excluding carboxylic acids is 2. The largest absolute Gasteiger partial charge is 0.325 e. The van der Waals surface area contributed by atoms with Crippen LogP contribution in [0, 0.1) is 11.3 Å². The van der Waals surface area contributed by atoms with Crippen molar-refractivity contribution in [1.82, 2.24) is 4.98 Å². The van der Waals surface area contributed by atoms with Gasteiger partial charge >= 0.3 is 0 Å². The second-order valence-electron chi connectivity index (χ2n) is 4.12. The molecule has 0 atom stereocenters. The molecule has 6 heteroatoms. The van der Waals surface area contributed by atoms with Crippen LogP contribution in [0.15, 0.2) is 47.1 Å². The summed E-state index contributed by atoms with van der Waals surface area (Å²) in [7, 11) is 0. The lowest BCUT2D eigenvalue weighted by molar-refractivity contribution is -0.115. The monoisotopic (exact) mass is 343 g/mol. The molecule has 0 spiro atoms. The van der Waals surface area contributed by atoms with Gasteiger partial charge in [0.2, 0.25) is 11.7 Å². The van der Waals surface area contributed by atoms with Crippen LogP contribution in [-0.2, 0) is 4.79 Å². The number of rotatable bonds is 4. The molecule has 1 aromatic heterocycles. The summed E-state index contributed by atoms with van der Waals surface area (Å²) in [4.78, 5) is 28.0. The highest BCUT2D eigenvalue weighted by Gasteiger charge is 2.16. The molecule has 5 nitrogen and oxygen atoms in total. The van der Waals surface area contributed by atoms with Gasteiger partial charge in [0.05, 0.1) is 11.8 Å². The summed E-state index contributed by atoms with van der Waals surface area (Å²) in [6.07, 6.45) is 1.26. The zero-order chi connectivity index (χ0) is 15.2. The number of anilines is 1. The second-order valence-corrected chi connectivity index (χ2v) is 5.03. The molecule has 0 aliphatic carbocycles. The van der Waals surface area contributed by atoms with Gasteiger partial charge in [0.1, 0.15) is 12.1 Å². The molecule has 0 aliphatic rings.